The molecule has 0 bridgehead atoms. The Morgan fingerprint density at radius 2 is 1.63 bits per heavy atom. The summed E-state index contributed by atoms with van der Waals surface area (Å²) in [5.74, 6) is 0. The van der Waals surface area contributed by atoms with Crippen LogP contribution in [0.1, 0.15) is 63.0 Å². The molecular weight excluding hydrogens is 354 g/mol. The molecule has 0 aliphatic heterocycles. The SMILES string of the molecule is CCCCCCCCC(I)Cc1ccccc1C.[NaH]. The van der Waals surface area contributed by atoms with Gasteiger partial charge in [-0.1, -0.05) is 92.3 Å². The van der Waals surface area contributed by atoms with Crippen LogP contribution in [-0.4, -0.2) is 33.5 Å². The van der Waals surface area contributed by atoms with E-state index in [4.69, 9.17) is 0 Å². The van der Waals surface area contributed by atoms with Gasteiger partial charge >= 0.3 is 29.6 Å². The average molecular weight is 382 g/mol. The molecule has 0 aromatic heterocycles. The number of hydrogen-bond donors (Lipinski definition) is 0. The van der Waals surface area contributed by atoms with Crippen LogP contribution in [0.2, 0.25) is 0 Å². The van der Waals surface area contributed by atoms with Crippen molar-refractivity contribution < 1.29 is 0 Å². The van der Waals surface area contributed by atoms with Gasteiger partial charge in [0, 0.05) is 3.92 Å². The van der Waals surface area contributed by atoms with E-state index >= 15 is 0 Å². The summed E-state index contributed by atoms with van der Waals surface area (Å²) < 4.78 is 0.801. The van der Waals surface area contributed by atoms with Crippen LogP contribution in [0.15, 0.2) is 24.3 Å². The Labute approximate surface area is 155 Å². The number of unbranched alkanes of at least 4 members (excludes halogenated alkanes) is 5. The van der Waals surface area contributed by atoms with Crippen LogP contribution >= 0.6 is 22.6 Å². The Balaban J connectivity index is 0.00000324. The maximum absolute atomic E-state index is 2.63. The zero-order valence-electron chi connectivity index (χ0n) is 11.9. The Morgan fingerprint density at radius 3 is 2.32 bits per heavy atom. The van der Waals surface area contributed by atoms with Gasteiger partial charge in [0.1, 0.15) is 0 Å². The molecule has 19 heavy (non-hydrogen) atoms. The van der Waals surface area contributed by atoms with Crippen LogP contribution in [0, 0.1) is 6.92 Å². The number of benzene rings is 1. The number of hydrogen-bond acceptors (Lipinski definition) is 0. The summed E-state index contributed by atoms with van der Waals surface area (Å²) in [6.45, 7) is 4.51. The van der Waals surface area contributed by atoms with E-state index in [9.17, 15) is 0 Å². The quantitative estimate of drug-likeness (QED) is 0.231. The van der Waals surface area contributed by atoms with E-state index in [0.717, 1.165) is 3.92 Å². The first-order valence-corrected chi connectivity index (χ1v) is 8.67. The van der Waals surface area contributed by atoms with E-state index in [1.54, 1.807) is 0 Å². The van der Waals surface area contributed by atoms with Crippen molar-refractivity contribution in [3.05, 3.63) is 35.4 Å². The van der Waals surface area contributed by atoms with Gasteiger partial charge in [0.15, 0.2) is 0 Å². The average Bonchev–Trinajstić information content (AvgIpc) is 2.36. The molecule has 0 amide bonds. The third kappa shape index (κ3) is 9.49. The van der Waals surface area contributed by atoms with Crippen molar-refractivity contribution in [3.63, 3.8) is 0 Å². The molecule has 0 N–H and O–H groups in total. The molecule has 0 saturated carbocycles. The number of rotatable bonds is 9. The van der Waals surface area contributed by atoms with Gasteiger partial charge in [0.25, 0.3) is 0 Å². The van der Waals surface area contributed by atoms with E-state index in [0.29, 0.717) is 0 Å². The van der Waals surface area contributed by atoms with Gasteiger partial charge in [0.05, 0.1) is 0 Å². The van der Waals surface area contributed by atoms with Gasteiger partial charge in [-0.2, -0.15) is 0 Å². The van der Waals surface area contributed by atoms with Crippen molar-refractivity contribution in [2.45, 2.75) is 69.1 Å². The van der Waals surface area contributed by atoms with Gasteiger partial charge in [-0.15, -0.1) is 0 Å². The molecule has 0 aliphatic carbocycles. The third-order valence-corrected chi connectivity index (χ3v) is 4.64. The molecule has 1 atom stereocenters. The summed E-state index contributed by atoms with van der Waals surface area (Å²) in [6.07, 6.45) is 11.1. The molecule has 0 radical (unpaired) electrons. The van der Waals surface area contributed by atoms with Gasteiger partial charge < -0.3 is 0 Å². The van der Waals surface area contributed by atoms with Crippen LogP contribution in [0.25, 0.3) is 0 Å². The van der Waals surface area contributed by atoms with Crippen LogP contribution in [0.3, 0.4) is 0 Å². The van der Waals surface area contributed by atoms with E-state index in [1.165, 1.54) is 62.5 Å². The van der Waals surface area contributed by atoms with Crippen molar-refractivity contribution in [3.8, 4) is 0 Å². The standard InChI is InChI=1S/C17H27I.Na.H/c1-3-4-5-6-7-8-13-17(18)14-16-12-10-9-11-15(16)2;;/h9-12,17H,3-8,13-14H2,1-2H3;;. The van der Waals surface area contributed by atoms with Gasteiger partial charge in [-0.3, -0.25) is 0 Å². The first-order chi connectivity index (χ1) is 8.74. The van der Waals surface area contributed by atoms with E-state index in [2.05, 4.69) is 60.7 Å². The molecule has 104 valence electrons. The van der Waals surface area contributed by atoms with Gasteiger partial charge in [-0.05, 0) is 30.9 Å². The predicted octanol–water partition coefficient (Wildman–Crippen LogP) is 5.44. The molecule has 0 aliphatic rings. The van der Waals surface area contributed by atoms with Gasteiger partial charge in [0.2, 0.25) is 0 Å². The Morgan fingerprint density at radius 1 is 1.00 bits per heavy atom. The zero-order chi connectivity index (χ0) is 13.2. The predicted molar refractivity (Wildman–Crippen MR) is 97.8 cm³/mol. The molecule has 0 fully saturated rings. The van der Waals surface area contributed by atoms with Crippen LogP contribution in [-0.2, 0) is 6.42 Å². The van der Waals surface area contributed by atoms with E-state index in [1.807, 2.05) is 0 Å². The van der Waals surface area contributed by atoms with Crippen LogP contribution in [0.4, 0.5) is 0 Å². The first-order valence-electron chi connectivity index (χ1n) is 7.42. The topological polar surface area (TPSA) is 0 Å². The minimum atomic E-state index is 0. The zero-order valence-corrected chi connectivity index (χ0v) is 14.1. The Kier molecular flexibility index (Phi) is 13.3. The first kappa shape index (κ1) is 19.9. The normalized spacial score (nSPS) is 11.9. The van der Waals surface area contributed by atoms with Crippen LogP contribution in [0.5, 0.6) is 0 Å². The maximum atomic E-state index is 2.63. The molecule has 0 saturated heterocycles. The van der Waals surface area contributed by atoms with Crippen molar-refractivity contribution in [1.29, 1.82) is 0 Å². The van der Waals surface area contributed by atoms with Crippen molar-refractivity contribution in [2.24, 2.45) is 0 Å². The Bertz CT molecular complexity index is 325. The fourth-order valence-corrected chi connectivity index (χ4v) is 3.24. The van der Waals surface area contributed by atoms with Crippen molar-refractivity contribution in [2.75, 3.05) is 0 Å². The molecular formula is C17H28INa. The second-order valence-electron chi connectivity index (χ2n) is 5.28. The number of halogens is 1. The summed E-state index contributed by atoms with van der Waals surface area (Å²) in [5, 5.41) is 0. The Hall–Kier alpha value is 0.950. The fourth-order valence-electron chi connectivity index (χ4n) is 2.33. The number of aryl methyl sites for hydroxylation is 1. The molecule has 1 unspecified atom stereocenters. The second kappa shape index (κ2) is 12.7. The molecule has 2 heteroatoms. The molecule has 0 heterocycles. The minimum absolute atomic E-state index is 0. The van der Waals surface area contributed by atoms with Crippen molar-refractivity contribution in [1.82, 2.24) is 0 Å². The van der Waals surface area contributed by atoms with Gasteiger partial charge in [-0.25, -0.2) is 0 Å². The molecule has 1 aromatic rings. The molecule has 0 spiro atoms. The van der Waals surface area contributed by atoms with Crippen LogP contribution < -0.4 is 0 Å². The summed E-state index contributed by atoms with van der Waals surface area (Å²) in [7, 11) is 0. The summed E-state index contributed by atoms with van der Waals surface area (Å²) >= 11 is 2.63. The summed E-state index contributed by atoms with van der Waals surface area (Å²) in [4.78, 5) is 0. The summed E-state index contributed by atoms with van der Waals surface area (Å²) in [6, 6.07) is 8.80. The summed E-state index contributed by atoms with van der Waals surface area (Å²) in [5.41, 5.74) is 2.98. The molecule has 1 rings (SSSR count). The monoisotopic (exact) mass is 382 g/mol. The van der Waals surface area contributed by atoms with E-state index in [-0.39, 0.29) is 29.6 Å². The van der Waals surface area contributed by atoms with E-state index < -0.39 is 0 Å². The molecule has 0 nitrogen and oxygen atoms in total. The third-order valence-electron chi connectivity index (χ3n) is 3.57. The fraction of sp³-hybridized carbons (Fsp3) is 0.647. The molecule has 1 aromatic carbocycles. The van der Waals surface area contributed by atoms with Crippen molar-refractivity contribution >= 4 is 52.1 Å². The number of alkyl halides is 1. The second-order valence-corrected chi connectivity index (χ2v) is 7.05.